The Morgan fingerprint density at radius 3 is 3.00 bits per heavy atom. The van der Waals surface area contributed by atoms with Crippen molar-refractivity contribution in [2.75, 3.05) is 19.7 Å². The van der Waals surface area contributed by atoms with Gasteiger partial charge in [0.15, 0.2) is 0 Å². The Labute approximate surface area is 135 Å². The van der Waals surface area contributed by atoms with Crippen LogP contribution in [0.4, 0.5) is 13.2 Å². The molecule has 0 aliphatic carbocycles. The highest BCUT2D eigenvalue weighted by atomic mass is 19.4. The third-order valence-corrected chi connectivity index (χ3v) is 4.11. The fraction of sp³-hybridized carbons (Fsp3) is 0.643. The van der Waals surface area contributed by atoms with Crippen molar-refractivity contribution in [1.82, 2.24) is 19.8 Å². The second kappa shape index (κ2) is 6.42. The molecular formula is C14H17F3N4O3. The SMILES string of the molecule is O=C(NCc1cnc2n1CCOC2)C1CC(=O)N(CC(F)(F)F)C1. The van der Waals surface area contributed by atoms with Crippen LogP contribution in [0.3, 0.4) is 0 Å². The molecule has 0 spiro atoms. The van der Waals surface area contributed by atoms with Crippen LogP contribution in [0.5, 0.6) is 0 Å². The van der Waals surface area contributed by atoms with Crippen molar-refractivity contribution in [3.63, 3.8) is 0 Å². The van der Waals surface area contributed by atoms with Gasteiger partial charge >= 0.3 is 6.18 Å². The molecule has 132 valence electrons. The van der Waals surface area contributed by atoms with Crippen molar-refractivity contribution in [3.8, 4) is 0 Å². The molecular weight excluding hydrogens is 329 g/mol. The Morgan fingerprint density at radius 2 is 2.25 bits per heavy atom. The van der Waals surface area contributed by atoms with Gasteiger partial charge in [-0.1, -0.05) is 0 Å². The average molecular weight is 346 g/mol. The molecule has 1 unspecified atom stereocenters. The molecule has 7 nitrogen and oxygen atoms in total. The highest BCUT2D eigenvalue weighted by Crippen LogP contribution is 2.24. The normalized spacial score (nSPS) is 21.0. The minimum atomic E-state index is -4.46. The number of alkyl halides is 3. The van der Waals surface area contributed by atoms with E-state index in [9.17, 15) is 22.8 Å². The summed E-state index contributed by atoms with van der Waals surface area (Å²) in [5.74, 6) is -1.05. The van der Waals surface area contributed by atoms with E-state index in [0.29, 0.717) is 24.7 Å². The Hall–Kier alpha value is -2.10. The summed E-state index contributed by atoms with van der Waals surface area (Å²) in [4.78, 5) is 28.6. The van der Waals surface area contributed by atoms with Crippen LogP contribution in [-0.2, 0) is 34.0 Å². The molecule has 10 heteroatoms. The molecule has 2 aliphatic rings. The number of nitrogens with one attached hydrogen (secondary N) is 1. The van der Waals surface area contributed by atoms with Gasteiger partial charge in [0.2, 0.25) is 11.8 Å². The van der Waals surface area contributed by atoms with Crippen molar-refractivity contribution >= 4 is 11.8 Å². The average Bonchev–Trinajstić information content (AvgIpc) is 3.08. The first-order valence-corrected chi connectivity index (χ1v) is 7.57. The molecule has 0 aromatic carbocycles. The lowest BCUT2D eigenvalue weighted by molar-refractivity contribution is -0.157. The lowest BCUT2D eigenvalue weighted by atomic mass is 10.1. The minimum Gasteiger partial charge on any atom is -0.372 e. The first-order valence-electron chi connectivity index (χ1n) is 7.57. The zero-order chi connectivity index (χ0) is 17.3. The minimum absolute atomic E-state index is 0.194. The van der Waals surface area contributed by atoms with E-state index in [1.165, 1.54) is 0 Å². The molecule has 1 aromatic rings. The van der Waals surface area contributed by atoms with Gasteiger partial charge in [0.1, 0.15) is 19.0 Å². The number of imidazole rings is 1. The van der Waals surface area contributed by atoms with Crippen molar-refractivity contribution in [1.29, 1.82) is 0 Å². The summed E-state index contributed by atoms with van der Waals surface area (Å²) < 4.78 is 44.4. The van der Waals surface area contributed by atoms with Crippen molar-refractivity contribution in [2.45, 2.75) is 32.3 Å². The fourth-order valence-electron chi connectivity index (χ4n) is 2.94. The smallest absolute Gasteiger partial charge is 0.372 e. The predicted molar refractivity (Wildman–Crippen MR) is 74.5 cm³/mol. The van der Waals surface area contributed by atoms with Gasteiger partial charge in [-0.2, -0.15) is 13.2 Å². The van der Waals surface area contributed by atoms with Gasteiger partial charge in [0.05, 0.1) is 31.0 Å². The van der Waals surface area contributed by atoms with Crippen LogP contribution in [0.15, 0.2) is 6.20 Å². The molecule has 1 fully saturated rings. The summed E-state index contributed by atoms with van der Waals surface area (Å²) in [5.41, 5.74) is 0.804. The highest BCUT2D eigenvalue weighted by Gasteiger charge is 2.40. The maximum Gasteiger partial charge on any atom is 0.406 e. The zero-order valence-corrected chi connectivity index (χ0v) is 12.8. The summed E-state index contributed by atoms with van der Waals surface area (Å²) in [6.45, 7) is 0.317. The van der Waals surface area contributed by atoms with Crippen molar-refractivity contribution in [2.24, 2.45) is 5.92 Å². The summed E-state index contributed by atoms with van der Waals surface area (Å²) in [6, 6.07) is 0. The molecule has 1 N–H and O–H groups in total. The summed E-state index contributed by atoms with van der Waals surface area (Å²) in [6.07, 6.45) is -3.01. The molecule has 3 heterocycles. The van der Waals surface area contributed by atoms with Gasteiger partial charge in [-0.05, 0) is 0 Å². The first-order chi connectivity index (χ1) is 11.3. The highest BCUT2D eigenvalue weighted by molar-refractivity contribution is 5.89. The quantitative estimate of drug-likeness (QED) is 0.858. The van der Waals surface area contributed by atoms with Crippen molar-refractivity contribution in [3.05, 3.63) is 17.7 Å². The monoisotopic (exact) mass is 346 g/mol. The number of amides is 2. The van der Waals surface area contributed by atoms with Gasteiger partial charge in [-0.15, -0.1) is 0 Å². The lowest BCUT2D eigenvalue weighted by Gasteiger charge is -2.19. The van der Waals surface area contributed by atoms with Gasteiger partial charge < -0.3 is 19.5 Å². The van der Waals surface area contributed by atoms with Crippen LogP contribution in [0.2, 0.25) is 0 Å². The molecule has 1 saturated heterocycles. The predicted octanol–water partition coefficient (Wildman–Crippen LogP) is 0.440. The van der Waals surface area contributed by atoms with Crippen LogP contribution in [0.25, 0.3) is 0 Å². The van der Waals surface area contributed by atoms with Crippen LogP contribution in [0, 0.1) is 5.92 Å². The third-order valence-electron chi connectivity index (χ3n) is 4.11. The maximum absolute atomic E-state index is 12.4. The molecule has 0 saturated carbocycles. The largest absolute Gasteiger partial charge is 0.406 e. The number of hydrogen-bond acceptors (Lipinski definition) is 4. The molecule has 3 rings (SSSR count). The molecule has 2 aliphatic heterocycles. The standard InChI is InChI=1S/C14H17F3N4O3/c15-14(16,17)8-20-6-9(3-12(20)22)13(23)19-5-10-4-18-11-7-24-2-1-21(10)11/h4,9H,1-3,5-8H2,(H,19,23). The molecule has 1 atom stereocenters. The number of nitrogens with zero attached hydrogens (tertiary/aromatic N) is 3. The molecule has 24 heavy (non-hydrogen) atoms. The Bertz CT molecular complexity index is 644. The van der Waals surface area contributed by atoms with E-state index in [-0.39, 0.29) is 19.5 Å². The van der Waals surface area contributed by atoms with Crippen molar-refractivity contribution < 1.29 is 27.5 Å². The Balaban J connectivity index is 1.54. The van der Waals surface area contributed by atoms with E-state index in [4.69, 9.17) is 4.74 Å². The number of carbonyl (C=O) groups is 2. The van der Waals surface area contributed by atoms with Gasteiger partial charge in [-0.3, -0.25) is 9.59 Å². The van der Waals surface area contributed by atoms with E-state index >= 15 is 0 Å². The second-order valence-corrected chi connectivity index (χ2v) is 5.88. The zero-order valence-electron chi connectivity index (χ0n) is 12.8. The number of hydrogen-bond donors (Lipinski definition) is 1. The fourth-order valence-corrected chi connectivity index (χ4v) is 2.94. The summed E-state index contributed by atoms with van der Waals surface area (Å²) in [7, 11) is 0. The lowest BCUT2D eigenvalue weighted by Crippen LogP contribution is -2.37. The molecule has 1 aromatic heterocycles. The third kappa shape index (κ3) is 3.69. The van der Waals surface area contributed by atoms with E-state index in [2.05, 4.69) is 10.3 Å². The summed E-state index contributed by atoms with van der Waals surface area (Å²) >= 11 is 0. The number of ether oxygens (including phenoxy) is 1. The van der Waals surface area contributed by atoms with Gasteiger partial charge in [0, 0.05) is 19.5 Å². The number of carbonyl (C=O) groups excluding carboxylic acids is 2. The number of aromatic nitrogens is 2. The topological polar surface area (TPSA) is 76.5 Å². The second-order valence-electron chi connectivity index (χ2n) is 5.88. The molecule has 0 radical (unpaired) electrons. The maximum atomic E-state index is 12.4. The number of rotatable bonds is 4. The number of halogens is 3. The van der Waals surface area contributed by atoms with Crippen LogP contribution in [0.1, 0.15) is 17.9 Å². The number of fused-ring (bicyclic) bond motifs is 1. The van der Waals surface area contributed by atoms with E-state index in [1.807, 2.05) is 4.57 Å². The van der Waals surface area contributed by atoms with E-state index < -0.39 is 30.5 Å². The Morgan fingerprint density at radius 1 is 1.46 bits per heavy atom. The van der Waals surface area contributed by atoms with Crippen LogP contribution in [-0.4, -0.2) is 52.1 Å². The number of likely N-dealkylation sites (tertiary alicyclic amines) is 1. The van der Waals surface area contributed by atoms with E-state index in [0.717, 1.165) is 11.5 Å². The van der Waals surface area contributed by atoms with Crippen LogP contribution < -0.4 is 5.32 Å². The summed E-state index contributed by atoms with van der Waals surface area (Å²) in [5, 5.41) is 2.68. The van der Waals surface area contributed by atoms with E-state index in [1.54, 1.807) is 6.20 Å². The van der Waals surface area contributed by atoms with Gasteiger partial charge in [0.25, 0.3) is 0 Å². The molecule has 0 bridgehead atoms. The Kier molecular flexibility index (Phi) is 4.48. The van der Waals surface area contributed by atoms with Crippen LogP contribution >= 0.6 is 0 Å². The molecule has 2 amide bonds. The van der Waals surface area contributed by atoms with Gasteiger partial charge in [-0.25, -0.2) is 4.98 Å². The first kappa shape index (κ1) is 16.7.